The number of pyridine rings is 1. The first-order valence-corrected chi connectivity index (χ1v) is 9.50. The van der Waals surface area contributed by atoms with Crippen molar-refractivity contribution in [2.45, 2.75) is 19.9 Å². The molecule has 1 aliphatic heterocycles. The molecule has 2 aromatic heterocycles. The highest BCUT2D eigenvalue weighted by atomic mass is 19.2. The van der Waals surface area contributed by atoms with E-state index in [4.69, 9.17) is 0 Å². The lowest BCUT2D eigenvalue weighted by molar-refractivity contribution is 0.0995. The van der Waals surface area contributed by atoms with Gasteiger partial charge in [-0.2, -0.15) is 4.98 Å². The van der Waals surface area contributed by atoms with Crippen LogP contribution in [0.4, 0.5) is 23.9 Å². The maximum absolute atomic E-state index is 14.3. The molecular formula is C20H20F3N5O2. The van der Waals surface area contributed by atoms with Crippen LogP contribution in [-0.2, 0) is 0 Å². The summed E-state index contributed by atoms with van der Waals surface area (Å²) < 4.78 is 42.8. The van der Waals surface area contributed by atoms with Gasteiger partial charge in [0.25, 0.3) is 0 Å². The van der Waals surface area contributed by atoms with E-state index < -0.39 is 23.5 Å². The first kappa shape index (κ1) is 20.0. The number of rotatable bonds is 3. The van der Waals surface area contributed by atoms with Crippen LogP contribution in [0.15, 0.2) is 30.5 Å². The van der Waals surface area contributed by atoms with E-state index in [0.717, 1.165) is 12.1 Å². The molecule has 10 heteroatoms. The number of fused-ring (bicyclic) bond motifs is 1. The third-order valence-electron chi connectivity index (χ3n) is 5.50. The van der Waals surface area contributed by atoms with Gasteiger partial charge in [-0.3, -0.25) is 0 Å². The summed E-state index contributed by atoms with van der Waals surface area (Å²) in [7, 11) is 0. The van der Waals surface area contributed by atoms with Gasteiger partial charge in [-0.05, 0) is 36.1 Å². The third kappa shape index (κ3) is 3.42. The van der Waals surface area contributed by atoms with Gasteiger partial charge in [0.15, 0.2) is 23.1 Å². The van der Waals surface area contributed by atoms with Crippen molar-refractivity contribution in [1.29, 1.82) is 0 Å². The molecular weight excluding hydrogens is 399 g/mol. The van der Waals surface area contributed by atoms with Crippen LogP contribution in [0.5, 0.6) is 0 Å². The quantitative estimate of drug-likeness (QED) is 0.630. The molecule has 1 aliphatic rings. The molecule has 7 nitrogen and oxygen atoms in total. The number of carboxylic acid groups (broad SMARTS) is 1. The van der Waals surface area contributed by atoms with Crippen LogP contribution in [0.1, 0.15) is 13.8 Å². The Bertz CT molecular complexity index is 1110. The van der Waals surface area contributed by atoms with Gasteiger partial charge in [-0.1, -0.05) is 13.8 Å². The van der Waals surface area contributed by atoms with Gasteiger partial charge in [0.2, 0.25) is 5.95 Å². The fraction of sp³-hybridized carbons (Fsp3) is 0.350. The average molecular weight is 419 g/mol. The zero-order chi connectivity index (χ0) is 21.6. The molecule has 2 unspecified atom stereocenters. The van der Waals surface area contributed by atoms with E-state index in [1.54, 1.807) is 18.3 Å². The predicted octanol–water partition coefficient (Wildman–Crippen LogP) is 3.86. The van der Waals surface area contributed by atoms with E-state index in [2.05, 4.69) is 15.4 Å². The lowest BCUT2D eigenvalue weighted by Crippen LogP contribution is -2.52. The summed E-state index contributed by atoms with van der Waals surface area (Å²) in [6.07, 6.45) is 0.672. The van der Waals surface area contributed by atoms with Crippen molar-refractivity contribution < 1.29 is 23.1 Å². The topological polar surface area (TPSA) is 82.8 Å². The molecule has 2 atom stereocenters. The fourth-order valence-corrected chi connectivity index (χ4v) is 4.06. The number of likely N-dealkylation sites (tertiary alicyclic amines) is 1. The number of carbonyl (C=O) groups is 1. The molecule has 0 aliphatic carbocycles. The smallest absolute Gasteiger partial charge is 0.407 e. The summed E-state index contributed by atoms with van der Waals surface area (Å²) in [4.78, 5) is 17.1. The van der Waals surface area contributed by atoms with Gasteiger partial charge >= 0.3 is 6.09 Å². The molecule has 1 amide bonds. The van der Waals surface area contributed by atoms with E-state index >= 15 is 0 Å². The van der Waals surface area contributed by atoms with Crippen molar-refractivity contribution in [3.63, 3.8) is 0 Å². The number of halogens is 3. The van der Waals surface area contributed by atoms with Crippen LogP contribution in [0.25, 0.3) is 16.8 Å². The largest absolute Gasteiger partial charge is 0.465 e. The van der Waals surface area contributed by atoms with Crippen LogP contribution in [-0.4, -0.2) is 49.8 Å². The maximum Gasteiger partial charge on any atom is 0.407 e. The Hall–Kier alpha value is -3.30. The highest BCUT2D eigenvalue weighted by molar-refractivity contribution is 5.78. The van der Waals surface area contributed by atoms with Crippen molar-refractivity contribution in [2.75, 3.05) is 18.4 Å². The number of anilines is 1. The minimum atomic E-state index is -1.54. The SMILES string of the molecule is CC1CN(C(=O)O)CC(C)C1Nc1nc2c(-c3ccc(F)c(F)c3F)cccn2n1. The lowest BCUT2D eigenvalue weighted by Gasteiger charge is -2.40. The van der Waals surface area contributed by atoms with Crippen molar-refractivity contribution in [3.05, 3.63) is 47.9 Å². The number of nitrogens with zero attached hydrogens (tertiary/aromatic N) is 4. The van der Waals surface area contributed by atoms with Crippen LogP contribution in [0.2, 0.25) is 0 Å². The predicted molar refractivity (Wildman–Crippen MR) is 104 cm³/mol. The summed E-state index contributed by atoms with van der Waals surface area (Å²) in [5.41, 5.74) is 0.444. The summed E-state index contributed by atoms with van der Waals surface area (Å²) in [6, 6.07) is 5.13. The zero-order valence-electron chi connectivity index (χ0n) is 16.3. The van der Waals surface area contributed by atoms with Gasteiger partial charge in [0.05, 0.1) is 0 Å². The van der Waals surface area contributed by atoms with Gasteiger partial charge < -0.3 is 15.3 Å². The van der Waals surface area contributed by atoms with Crippen LogP contribution >= 0.6 is 0 Å². The summed E-state index contributed by atoms with van der Waals surface area (Å²) >= 11 is 0. The second kappa shape index (κ2) is 7.51. The Morgan fingerprint density at radius 1 is 1.10 bits per heavy atom. The molecule has 0 radical (unpaired) electrons. The standard InChI is InChI=1S/C20H20F3N5O2/c1-10-8-27(20(29)30)9-11(2)17(10)24-19-25-18-13(4-3-7-28(18)26-19)12-5-6-14(21)16(23)15(12)22/h3-7,10-11,17H,8-9H2,1-2H3,(H,24,26)(H,29,30). The Balaban J connectivity index is 1.66. The lowest BCUT2D eigenvalue weighted by atomic mass is 9.86. The van der Waals surface area contributed by atoms with Crippen LogP contribution < -0.4 is 5.32 Å². The van der Waals surface area contributed by atoms with Crippen LogP contribution in [0.3, 0.4) is 0 Å². The van der Waals surface area contributed by atoms with Gasteiger partial charge in [-0.15, -0.1) is 5.10 Å². The number of piperidine rings is 1. The molecule has 30 heavy (non-hydrogen) atoms. The number of amides is 1. The number of nitrogens with one attached hydrogen (secondary N) is 1. The zero-order valence-corrected chi connectivity index (χ0v) is 16.3. The molecule has 0 saturated carbocycles. The third-order valence-corrected chi connectivity index (χ3v) is 5.50. The first-order valence-electron chi connectivity index (χ1n) is 9.50. The number of benzene rings is 1. The van der Waals surface area contributed by atoms with E-state index in [1.165, 1.54) is 9.42 Å². The molecule has 0 bridgehead atoms. The summed E-state index contributed by atoms with van der Waals surface area (Å²) in [6.45, 7) is 4.66. The van der Waals surface area contributed by atoms with Gasteiger partial charge in [0, 0.05) is 36.5 Å². The van der Waals surface area contributed by atoms with Crippen molar-refractivity contribution in [1.82, 2.24) is 19.5 Å². The van der Waals surface area contributed by atoms with Crippen LogP contribution in [0, 0.1) is 29.3 Å². The molecule has 0 spiro atoms. The Morgan fingerprint density at radius 2 is 1.80 bits per heavy atom. The number of hydrogen-bond acceptors (Lipinski definition) is 4. The van der Waals surface area contributed by atoms with Crippen molar-refractivity contribution in [2.24, 2.45) is 11.8 Å². The summed E-state index contributed by atoms with van der Waals surface area (Å²) in [5.74, 6) is -3.77. The second-order valence-electron chi connectivity index (χ2n) is 7.66. The maximum atomic E-state index is 14.3. The Labute approximate surface area is 170 Å². The molecule has 3 heterocycles. The first-order chi connectivity index (χ1) is 14.3. The molecule has 4 rings (SSSR count). The molecule has 2 N–H and O–H groups in total. The molecule has 1 saturated heterocycles. The second-order valence-corrected chi connectivity index (χ2v) is 7.66. The number of aromatic nitrogens is 3. The molecule has 1 fully saturated rings. The van der Waals surface area contributed by atoms with Gasteiger partial charge in [0.1, 0.15) is 0 Å². The summed E-state index contributed by atoms with van der Waals surface area (Å²) in [5, 5.41) is 16.9. The van der Waals surface area contributed by atoms with Crippen molar-refractivity contribution in [3.8, 4) is 11.1 Å². The van der Waals surface area contributed by atoms with E-state index in [-0.39, 0.29) is 40.6 Å². The van der Waals surface area contributed by atoms with Crippen molar-refractivity contribution >= 4 is 17.7 Å². The normalized spacial score (nSPS) is 21.8. The number of hydrogen-bond donors (Lipinski definition) is 2. The molecule has 1 aromatic carbocycles. The molecule has 158 valence electrons. The van der Waals surface area contributed by atoms with Gasteiger partial charge in [-0.25, -0.2) is 22.5 Å². The highest BCUT2D eigenvalue weighted by Crippen LogP contribution is 2.30. The molecule has 3 aromatic rings. The minimum Gasteiger partial charge on any atom is -0.465 e. The fourth-order valence-electron chi connectivity index (χ4n) is 4.06. The van der Waals surface area contributed by atoms with E-state index in [0.29, 0.717) is 13.1 Å². The minimum absolute atomic E-state index is 0.0135. The monoisotopic (exact) mass is 419 g/mol. The average Bonchev–Trinajstić information content (AvgIpc) is 3.12. The van der Waals surface area contributed by atoms with E-state index in [9.17, 15) is 23.1 Å². The Morgan fingerprint density at radius 3 is 2.47 bits per heavy atom. The highest BCUT2D eigenvalue weighted by Gasteiger charge is 2.34. The van der Waals surface area contributed by atoms with E-state index in [1.807, 2.05) is 13.8 Å². The Kier molecular flexibility index (Phi) is 5.00.